The molecular formula is C10H12N4OS. The predicted molar refractivity (Wildman–Crippen MR) is 61.4 cm³/mol. The van der Waals surface area contributed by atoms with Gasteiger partial charge < -0.3 is 5.32 Å². The molecule has 0 saturated carbocycles. The highest BCUT2D eigenvalue weighted by Crippen LogP contribution is 2.01. The van der Waals surface area contributed by atoms with Crippen LogP contribution in [-0.4, -0.2) is 27.2 Å². The van der Waals surface area contributed by atoms with E-state index in [0.29, 0.717) is 12.2 Å². The van der Waals surface area contributed by atoms with Gasteiger partial charge in [0.2, 0.25) is 0 Å². The normalized spacial score (nSPS) is 10.3. The van der Waals surface area contributed by atoms with Crippen molar-refractivity contribution >= 4 is 17.2 Å². The minimum atomic E-state index is -0.120. The molecule has 0 bridgehead atoms. The molecule has 0 aromatic carbocycles. The molecule has 5 nitrogen and oxygen atoms in total. The Morgan fingerprint density at radius 1 is 1.62 bits per heavy atom. The topological polar surface area (TPSA) is 59.8 Å². The summed E-state index contributed by atoms with van der Waals surface area (Å²) in [6.45, 7) is 0.599. The van der Waals surface area contributed by atoms with Crippen molar-refractivity contribution in [1.82, 2.24) is 20.1 Å². The fraction of sp³-hybridized carbons (Fsp3) is 0.300. The second-order valence-electron chi connectivity index (χ2n) is 3.40. The predicted octanol–water partition coefficient (Wildman–Crippen LogP) is 0.849. The Morgan fingerprint density at radius 2 is 2.50 bits per heavy atom. The number of aromatic nitrogens is 3. The van der Waals surface area contributed by atoms with Crippen LogP contribution in [0.4, 0.5) is 0 Å². The molecule has 0 aliphatic rings. The lowest BCUT2D eigenvalue weighted by Crippen LogP contribution is -2.25. The lowest BCUT2D eigenvalue weighted by molar-refractivity contribution is 0.0950. The third-order valence-electron chi connectivity index (χ3n) is 2.12. The van der Waals surface area contributed by atoms with E-state index in [1.54, 1.807) is 21.8 Å². The van der Waals surface area contributed by atoms with Gasteiger partial charge in [-0.2, -0.15) is 5.10 Å². The monoisotopic (exact) mass is 236 g/mol. The van der Waals surface area contributed by atoms with Gasteiger partial charge >= 0.3 is 0 Å². The van der Waals surface area contributed by atoms with Crippen molar-refractivity contribution in [3.63, 3.8) is 0 Å². The molecule has 0 aliphatic carbocycles. The Labute approximate surface area is 97.1 Å². The first-order chi connectivity index (χ1) is 7.75. The van der Waals surface area contributed by atoms with Gasteiger partial charge in [0.25, 0.3) is 5.91 Å². The van der Waals surface area contributed by atoms with Gasteiger partial charge in [0.05, 0.1) is 11.7 Å². The van der Waals surface area contributed by atoms with E-state index in [-0.39, 0.29) is 5.91 Å². The van der Waals surface area contributed by atoms with Crippen LogP contribution < -0.4 is 5.32 Å². The molecule has 0 aliphatic heterocycles. The number of thiazole rings is 1. The molecule has 0 spiro atoms. The smallest absolute Gasteiger partial charge is 0.270 e. The third-order valence-corrected chi connectivity index (χ3v) is 2.71. The highest BCUT2D eigenvalue weighted by molar-refractivity contribution is 7.07. The molecule has 0 radical (unpaired) electrons. The number of hydrogen-bond donors (Lipinski definition) is 1. The molecule has 2 heterocycles. The molecule has 0 atom stereocenters. The molecule has 0 unspecified atom stereocenters. The number of nitrogens with zero attached hydrogens (tertiary/aromatic N) is 3. The summed E-state index contributed by atoms with van der Waals surface area (Å²) in [6, 6.07) is 0. The molecule has 2 rings (SSSR count). The van der Waals surface area contributed by atoms with Gasteiger partial charge in [-0.1, -0.05) is 0 Å². The van der Waals surface area contributed by atoms with E-state index in [1.165, 1.54) is 11.3 Å². The van der Waals surface area contributed by atoms with Crippen molar-refractivity contribution < 1.29 is 4.79 Å². The van der Waals surface area contributed by atoms with Gasteiger partial charge in [0.15, 0.2) is 0 Å². The van der Waals surface area contributed by atoms with Crippen molar-refractivity contribution in [1.29, 1.82) is 0 Å². The van der Waals surface area contributed by atoms with Crippen LogP contribution in [0, 0.1) is 0 Å². The summed E-state index contributed by atoms with van der Waals surface area (Å²) in [5.74, 6) is -0.120. The summed E-state index contributed by atoms with van der Waals surface area (Å²) in [5, 5.41) is 8.60. The summed E-state index contributed by atoms with van der Waals surface area (Å²) in [6.07, 6.45) is 4.52. The van der Waals surface area contributed by atoms with E-state index in [9.17, 15) is 4.79 Å². The maximum atomic E-state index is 11.5. The van der Waals surface area contributed by atoms with E-state index in [4.69, 9.17) is 0 Å². The Balaban J connectivity index is 1.78. The Kier molecular flexibility index (Phi) is 3.31. The van der Waals surface area contributed by atoms with Crippen molar-refractivity contribution in [3.05, 3.63) is 34.5 Å². The van der Waals surface area contributed by atoms with Crippen LogP contribution >= 0.6 is 11.3 Å². The number of aryl methyl sites for hydroxylation is 1. The van der Waals surface area contributed by atoms with Crippen molar-refractivity contribution in [2.24, 2.45) is 7.05 Å². The summed E-state index contributed by atoms with van der Waals surface area (Å²) < 4.78 is 1.75. The Morgan fingerprint density at radius 3 is 3.12 bits per heavy atom. The zero-order valence-corrected chi connectivity index (χ0v) is 9.70. The molecular weight excluding hydrogens is 224 g/mol. The largest absolute Gasteiger partial charge is 0.350 e. The highest BCUT2D eigenvalue weighted by Gasteiger charge is 2.06. The van der Waals surface area contributed by atoms with Gasteiger partial charge in [-0.25, -0.2) is 4.98 Å². The van der Waals surface area contributed by atoms with Crippen LogP contribution in [0.5, 0.6) is 0 Å². The molecule has 84 valence electrons. The molecule has 0 saturated heterocycles. The minimum absolute atomic E-state index is 0.120. The maximum Gasteiger partial charge on any atom is 0.270 e. The van der Waals surface area contributed by atoms with E-state index in [2.05, 4.69) is 15.4 Å². The standard InChI is InChI=1S/C10H12N4OS/c1-14-5-8(4-13-14)2-3-11-10(15)9-6-16-7-12-9/h4-7H,2-3H2,1H3,(H,11,15). The third kappa shape index (κ3) is 2.66. The van der Waals surface area contributed by atoms with Crippen molar-refractivity contribution in [2.45, 2.75) is 6.42 Å². The van der Waals surface area contributed by atoms with Gasteiger partial charge in [-0.3, -0.25) is 9.48 Å². The second kappa shape index (κ2) is 4.89. The number of amides is 1. The van der Waals surface area contributed by atoms with Crippen LogP contribution in [-0.2, 0) is 13.5 Å². The van der Waals surface area contributed by atoms with Gasteiger partial charge in [0.1, 0.15) is 5.69 Å². The fourth-order valence-electron chi connectivity index (χ4n) is 1.34. The number of carbonyl (C=O) groups is 1. The first-order valence-electron chi connectivity index (χ1n) is 4.89. The van der Waals surface area contributed by atoms with Crippen LogP contribution in [0.1, 0.15) is 16.1 Å². The maximum absolute atomic E-state index is 11.5. The first kappa shape index (κ1) is 10.8. The molecule has 2 aromatic rings. The quantitative estimate of drug-likeness (QED) is 0.856. The number of rotatable bonds is 4. The number of carbonyl (C=O) groups excluding carboxylic acids is 1. The van der Waals surface area contributed by atoms with Crippen molar-refractivity contribution in [2.75, 3.05) is 6.54 Å². The van der Waals surface area contributed by atoms with Gasteiger partial charge in [0, 0.05) is 25.2 Å². The van der Waals surface area contributed by atoms with E-state index in [1.807, 2.05) is 13.2 Å². The van der Waals surface area contributed by atoms with E-state index >= 15 is 0 Å². The van der Waals surface area contributed by atoms with Gasteiger partial charge in [-0.05, 0) is 12.0 Å². The summed E-state index contributed by atoms with van der Waals surface area (Å²) in [5.41, 5.74) is 3.24. The molecule has 6 heteroatoms. The molecule has 0 fully saturated rings. The number of nitrogens with one attached hydrogen (secondary N) is 1. The molecule has 2 aromatic heterocycles. The van der Waals surface area contributed by atoms with Crippen LogP contribution in [0.2, 0.25) is 0 Å². The van der Waals surface area contributed by atoms with Crippen molar-refractivity contribution in [3.8, 4) is 0 Å². The van der Waals surface area contributed by atoms with Crippen LogP contribution in [0.15, 0.2) is 23.3 Å². The lowest BCUT2D eigenvalue weighted by atomic mass is 10.2. The average Bonchev–Trinajstić information content (AvgIpc) is 2.89. The van der Waals surface area contributed by atoms with E-state index < -0.39 is 0 Å². The zero-order valence-electron chi connectivity index (χ0n) is 8.88. The SMILES string of the molecule is Cn1cc(CCNC(=O)c2cscn2)cn1. The lowest BCUT2D eigenvalue weighted by Gasteiger charge is -2.00. The summed E-state index contributed by atoms with van der Waals surface area (Å²) in [4.78, 5) is 15.4. The van der Waals surface area contributed by atoms with Crippen LogP contribution in [0.3, 0.4) is 0 Å². The highest BCUT2D eigenvalue weighted by atomic mass is 32.1. The first-order valence-corrected chi connectivity index (χ1v) is 5.84. The van der Waals surface area contributed by atoms with E-state index in [0.717, 1.165) is 12.0 Å². The molecule has 1 amide bonds. The summed E-state index contributed by atoms with van der Waals surface area (Å²) >= 11 is 1.42. The minimum Gasteiger partial charge on any atom is -0.350 e. The Bertz CT molecular complexity index is 463. The second-order valence-corrected chi connectivity index (χ2v) is 4.12. The average molecular weight is 236 g/mol. The fourth-order valence-corrected chi connectivity index (χ4v) is 1.87. The summed E-state index contributed by atoms with van der Waals surface area (Å²) in [7, 11) is 1.87. The molecule has 16 heavy (non-hydrogen) atoms. The zero-order chi connectivity index (χ0) is 11.4. The van der Waals surface area contributed by atoms with Gasteiger partial charge in [-0.15, -0.1) is 11.3 Å². The number of hydrogen-bond acceptors (Lipinski definition) is 4. The van der Waals surface area contributed by atoms with Crippen LogP contribution in [0.25, 0.3) is 0 Å². The Hall–Kier alpha value is -1.69. The molecule has 1 N–H and O–H groups in total.